The average molecular weight is 287 g/mol. The van der Waals surface area contributed by atoms with Crippen LogP contribution < -0.4 is 5.73 Å². The van der Waals surface area contributed by atoms with E-state index >= 15 is 0 Å². The molecule has 21 heavy (non-hydrogen) atoms. The number of nitrogens with zero attached hydrogens (tertiary/aromatic N) is 2. The van der Waals surface area contributed by atoms with Gasteiger partial charge in [-0.25, -0.2) is 0 Å². The van der Waals surface area contributed by atoms with Gasteiger partial charge < -0.3 is 15.7 Å². The van der Waals surface area contributed by atoms with Gasteiger partial charge in [0, 0.05) is 31.2 Å². The van der Waals surface area contributed by atoms with Gasteiger partial charge in [0.2, 0.25) is 0 Å². The molecule has 0 bridgehead atoms. The molecule has 4 nitrogen and oxygen atoms in total. The smallest absolute Gasteiger partial charge is 0.0682 e. The first-order chi connectivity index (χ1) is 10.1. The summed E-state index contributed by atoms with van der Waals surface area (Å²) in [4.78, 5) is 4.53. The summed E-state index contributed by atoms with van der Waals surface area (Å²) in [6.07, 6.45) is 0.617. The van der Waals surface area contributed by atoms with Crippen molar-refractivity contribution in [3.8, 4) is 11.8 Å². The van der Waals surface area contributed by atoms with Crippen molar-refractivity contribution in [2.45, 2.75) is 25.1 Å². The third kappa shape index (κ3) is 4.55. The zero-order valence-electron chi connectivity index (χ0n) is 12.9. The molecule has 0 aromatic heterocycles. The lowest BCUT2D eigenvalue weighted by Gasteiger charge is -2.27. The van der Waals surface area contributed by atoms with Crippen LogP contribution in [0.2, 0.25) is 0 Å². The van der Waals surface area contributed by atoms with E-state index in [4.69, 9.17) is 5.73 Å². The van der Waals surface area contributed by atoms with Gasteiger partial charge in [-0.3, -0.25) is 4.90 Å². The highest BCUT2D eigenvalue weighted by Crippen LogP contribution is 2.22. The molecule has 2 atom stereocenters. The molecule has 1 aromatic rings. The zero-order valence-corrected chi connectivity index (χ0v) is 12.9. The normalized spacial score (nSPS) is 22.3. The quantitative estimate of drug-likeness (QED) is 0.792. The number of β-amino-alcohol motifs (C(OH)–C–C–N with tert-alkyl or cyclic N) is 1. The van der Waals surface area contributed by atoms with Crippen LogP contribution in [0.5, 0.6) is 0 Å². The van der Waals surface area contributed by atoms with Crippen molar-refractivity contribution in [1.82, 2.24) is 9.80 Å². The molecule has 0 aliphatic carbocycles. The molecule has 1 heterocycles. The summed E-state index contributed by atoms with van der Waals surface area (Å²) >= 11 is 0. The van der Waals surface area contributed by atoms with Crippen molar-refractivity contribution in [2.24, 2.45) is 5.73 Å². The van der Waals surface area contributed by atoms with E-state index in [1.54, 1.807) is 0 Å². The standard InChI is InChI=1S/C17H25N3O/c1-19(2)12-16-10-17(21)13-20(16)11-15-7-4-3-6-14(15)8-5-9-18/h3-4,6-7,16-17,21H,9-13,18H2,1-2H3. The number of hydrogen-bond acceptors (Lipinski definition) is 4. The first-order valence-corrected chi connectivity index (χ1v) is 7.44. The highest BCUT2D eigenvalue weighted by Gasteiger charge is 2.31. The van der Waals surface area contributed by atoms with Crippen LogP contribution in [-0.4, -0.2) is 60.8 Å². The Morgan fingerprint density at radius 1 is 1.38 bits per heavy atom. The molecule has 4 heteroatoms. The molecule has 0 saturated carbocycles. The molecule has 1 aliphatic heterocycles. The predicted molar refractivity (Wildman–Crippen MR) is 85.8 cm³/mol. The average Bonchev–Trinajstić information content (AvgIpc) is 2.77. The van der Waals surface area contributed by atoms with Crippen LogP contribution in [0.3, 0.4) is 0 Å². The SMILES string of the molecule is CN(C)CC1CC(O)CN1Cc1ccccc1C#CCN. The lowest BCUT2D eigenvalue weighted by atomic mass is 10.1. The Balaban J connectivity index is 2.13. The van der Waals surface area contributed by atoms with E-state index in [9.17, 15) is 5.11 Å². The fraction of sp³-hybridized carbons (Fsp3) is 0.529. The first-order valence-electron chi connectivity index (χ1n) is 7.44. The molecule has 0 radical (unpaired) electrons. The van der Waals surface area contributed by atoms with Crippen LogP contribution >= 0.6 is 0 Å². The highest BCUT2D eigenvalue weighted by atomic mass is 16.3. The maximum atomic E-state index is 9.97. The van der Waals surface area contributed by atoms with Crippen molar-refractivity contribution in [3.63, 3.8) is 0 Å². The molecule has 0 spiro atoms. The van der Waals surface area contributed by atoms with E-state index in [0.29, 0.717) is 12.6 Å². The minimum absolute atomic E-state index is 0.225. The summed E-state index contributed by atoms with van der Waals surface area (Å²) in [7, 11) is 4.15. The van der Waals surface area contributed by atoms with Crippen molar-refractivity contribution < 1.29 is 5.11 Å². The van der Waals surface area contributed by atoms with Crippen molar-refractivity contribution in [3.05, 3.63) is 35.4 Å². The van der Waals surface area contributed by atoms with Crippen molar-refractivity contribution in [2.75, 3.05) is 33.7 Å². The Morgan fingerprint density at radius 2 is 2.14 bits per heavy atom. The molecular formula is C17H25N3O. The van der Waals surface area contributed by atoms with Crippen molar-refractivity contribution >= 4 is 0 Å². The third-order valence-corrected chi connectivity index (χ3v) is 3.80. The first kappa shape index (κ1) is 16.0. The van der Waals surface area contributed by atoms with Gasteiger partial charge in [-0.15, -0.1) is 0 Å². The Bertz CT molecular complexity index is 518. The number of aliphatic hydroxyl groups is 1. The second-order valence-corrected chi connectivity index (χ2v) is 5.90. The molecule has 2 unspecified atom stereocenters. The number of likely N-dealkylation sites (N-methyl/N-ethyl adjacent to an activating group) is 1. The van der Waals surface area contributed by atoms with E-state index in [-0.39, 0.29) is 6.10 Å². The monoisotopic (exact) mass is 287 g/mol. The van der Waals surface area contributed by atoms with E-state index in [1.165, 1.54) is 5.56 Å². The fourth-order valence-electron chi connectivity index (χ4n) is 2.91. The van der Waals surface area contributed by atoms with Crippen LogP contribution in [0.4, 0.5) is 0 Å². The number of aliphatic hydroxyl groups excluding tert-OH is 1. The highest BCUT2D eigenvalue weighted by molar-refractivity contribution is 5.41. The second kappa shape index (κ2) is 7.58. The van der Waals surface area contributed by atoms with Crippen LogP contribution in [0, 0.1) is 11.8 Å². The zero-order chi connectivity index (χ0) is 15.2. The number of hydrogen-bond donors (Lipinski definition) is 2. The Labute approximate surface area is 127 Å². The lowest BCUT2D eigenvalue weighted by molar-refractivity contribution is 0.169. The number of likely N-dealkylation sites (tertiary alicyclic amines) is 1. The molecule has 1 aromatic carbocycles. The maximum Gasteiger partial charge on any atom is 0.0682 e. The fourth-order valence-corrected chi connectivity index (χ4v) is 2.91. The van der Waals surface area contributed by atoms with E-state index < -0.39 is 0 Å². The van der Waals surface area contributed by atoms with E-state index in [0.717, 1.165) is 31.6 Å². The maximum absolute atomic E-state index is 9.97. The number of benzene rings is 1. The van der Waals surface area contributed by atoms with Crippen molar-refractivity contribution in [1.29, 1.82) is 0 Å². The number of nitrogens with two attached hydrogens (primary N) is 1. The van der Waals surface area contributed by atoms with Gasteiger partial charge >= 0.3 is 0 Å². The molecule has 2 rings (SSSR count). The topological polar surface area (TPSA) is 52.7 Å². The minimum atomic E-state index is -0.225. The summed E-state index contributed by atoms with van der Waals surface area (Å²) < 4.78 is 0. The largest absolute Gasteiger partial charge is 0.392 e. The van der Waals surface area contributed by atoms with Crippen LogP contribution in [-0.2, 0) is 6.54 Å². The van der Waals surface area contributed by atoms with Crippen LogP contribution in [0.25, 0.3) is 0 Å². The molecule has 0 amide bonds. The van der Waals surface area contributed by atoms with Gasteiger partial charge in [-0.2, -0.15) is 0 Å². The molecule has 3 N–H and O–H groups in total. The summed E-state index contributed by atoms with van der Waals surface area (Å²) in [5.74, 6) is 6.06. The van der Waals surface area contributed by atoms with Gasteiger partial charge in [-0.05, 0) is 32.1 Å². The molecule has 114 valence electrons. The molecule has 1 saturated heterocycles. The van der Waals surface area contributed by atoms with Gasteiger partial charge in [0.25, 0.3) is 0 Å². The third-order valence-electron chi connectivity index (χ3n) is 3.80. The Hall–Kier alpha value is -1.38. The van der Waals surface area contributed by atoms with Gasteiger partial charge in [0.05, 0.1) is 12.6 Å². The summed E-state index contributed by atoms with van der Waals surface area (Å²) in [6.45, 7) is 2.90. The number of rotatable bonds is 4. The van der Waals surface area contributed by atoms with Gasteiger partial charge in [0.1, 0.15) is 0 Å². The lowest BCUT2D eigenvalue weighted by Crippen LogP contribution is -2.37. The van der Waals surface area contributed by atoms with Crippen LogP contribution in [0.15, 0.2) is 24.3 Å². The summed E-state index contributed by atoms with van der Waals surface area (Å²) in [5, 5.41) is 9.97. The van der Waals surface area contributed by atoms with Gasteiger partial charge in [0.15, 0.2) is 0 Å². The van der Waals surface area contributed by atoms with Gasteiger partial charge in [-0.1, -0.05) is 30.0 Å². The molecule has 1 fully saturated rings. The minimum Gasteiger partial charge on any atom is -0.392 e. The molecule has 1 aliphatic rings. The van der Waals surface area contributed by atoms with E-state index in [2.05, 4.69) is 41.8 Å². The van der Waals surface area contributed by atoms with E-state index in [1.807, 2.05) is 18.2 Å². The molecular weight excluding hydrogens is 262 g/mol. The second-order valence-electron chi connectivity index (χ2n) is 5.90. The van der Waals surface area contributed by atoms with Crippen LogP contribution in [0.1, 0.15) is 17.5 Å². The predicted octanol–water partition coefficient (Wildman–Crippen LogP) is 0.494. The summed E-state index contributed by atoms with van der Waals surface area (Å²) in [6, 6.07) is 8.57. The Kier molecular flexibility index (Phi) is 5.77. The summed E-state index contributed by atoms with van der Waals surface area (Å²) in [5.41, 5.74) is 7.70. The Morgan fingerprint density at radius 3 is 2.86 bits per heavy atom.